The first-order chi connectivity index (χ1) is 12.6. The molecule has 8 heteroatoms. The van der Waals surface area contributed by atoms with Crippen LogP contribution in [0.1, 0.15) is 12.2 Å². The number of aromatic amines is 1. The number of fused-ring (bicyclic) bond motifs is 1. The molecule has 0 aliphatic carbocycles. The van der Waals surface area contributed by atoms with Crippen molar-refractivity contribution in [3.63, 3.8) is 0 Å². The monoisotopic (exact) mass is 373 g/mol. The van der Waals surface area contributed by atoms with Crippen molar-refractivity contribution in [3.8, 4) is 0 Å². The normalized spacial score (nSPS) is 10.9. The van der Waals surface area contributed by atoms with Gasteiger partial charge in [0, 0.05) is 25.3 Å². The molecule has 0 spiro atoms. The molecule has 2 N–H and O–H groups in total. The molecular formula is C18H19N3O4S. The van der Waals surface area contributed by atoms with Crippen LogP contribution in [0.3, 0.4) is 0 Å². The minimum Gasteiger partial charge on any atom is -0.468 e. The molecule has 26 heavy (non-hydrogen) atoms. The Labute approximate surface area is 153 Å². The summed E-state index contributed by atoms with van der Waals surface area (Å²) in [6, 6.07) is 10.6. The van der Waals surface area contributed by atoms with Gasteiger partial charge in [-0.3, -0.25) is 19.1 Å². The largest absolute Gasteiger partial charge is 0.468 e. The van der Waals surface area contributed by atoms with Crippen molar-refractivity contribution in [2.24, 2.45) is 0 Å². The van der Waals surface area contributed by atoms with Crippen LogP contribution < -0.4 is 16.6 Å². The Kier molecular flexibility index (Phi) is 5.96. The van der Waals surface area contributed by atoms with Crippen molar-refractivity contribution in [3.05, 3.63) is 69.3 Å². The van der Waals surface area contributed by atoms with Gasteiger partial charge in [0.25, 0.3) is 5.56 Å². The molecule has 136 valence electrons. The fourth-order valence-corrected chi connectivity index (χ4v) is 3.35. The highest BCUT2D eigenvalue weighted by Gasteiger charge is 2.08. The van der Waals surface area contributed by atoms with Gasteiger partial charge in [0.2, 0.25) is 5.91 Å². The summed E-state index contributed by atoms with van der Waals surface area (Å²) in [6.07, 6.45) is 1.80. The third kappa shape index (κ3) is 4.45. The van der Waals surface area contributed by atoms with Gasteiger partial charge in [-0.05, 0) is 24.3 Å². The molecule has 3 aromatic rings. The van der Waals surface area contributed by atoms with Crippen LogP contribution in [0.15, 0.2) is 56.7 Å². The molecule has 1 amide bonds. The Morgan fingerprint density at radius 1 is 1.19 bits per heavy atom. The fraction of sp³-hybridized carbons (Fsp3) is 0.278. The van der Waals surface area contributed by atoms with Crippen LogP contribution in [0.5, 0.6) is 0 Å². The van der Waals surface area contributed by atoms with Gasteiger partial charge < -0.3 is 9.73 Å². The van der Waals surface area contributed by atoms with Gasteiger partial charge in [-0.1, -0.05) is 12.1 Å². The summed E-state index contributed by atoms with van der Waals surface area (Å²) in [5.74, 6) is 2.31. The molecule has 0 atom stereocenters. The molecule has 0 saturated carbocycles. The number of rotatable bonds is 8. The maximum atomic E-state index is 12.0. The van der Waals surface area contributed by atoms with Gasteiger partial charge in [0.1, 0.15) is 5.76 Å². The van der Waals surface area contributed by atoms with Gasteiger partial charge in [0.15, 0.2) is 0 Å². The molecule has 3 rings (SSSR count). The summed E-state index contributed by atoms with van der Waals surface area (Å²) in [4.78, 5) is 38.1. The number of hydrogen-bond donors (Lipinski definition) is 2. The van der Waals surface area contributed by atoms with Crippen molar-refractivity contribution in [1.29, 1.82) is 0 Å². The highest BCUT2D eigenvalue weighted by atomic mass is 32.2. The van der Waals surface area contributed by atoms with Crippen molar-refractivity contribution in [2.75, 3.05) is 12.3 Å². The first-order valence-electron chi connectivity index (χ1n) is 8.24. The maximum Gasteiger partial charge on any atom is 0.328 e. The van der Waals surface area contributed by atoms with Crippen molar-refractivity contribution in [1.82, 2.24) is 14.9 Å². The molecule has 0 unspecified atom stereocenters. The lowest BCUT2D eigenvalue weighted by molar-refractivity contribution is -0.121. The van der Waals surface area contributed by atoms with E-state index in [1.54, 1.807) is 42.3 Å². The van der Waals surface area contributed by atoms with Crippen LogP contribution in [0, 0.1) is 0 Å². The smallest absolute Gasteiger partial charge is 0.328 e. The lowest BCUT2D eigenvalue weighted by Gasteiger charge is -2.09. The van der Waals surface area contributed by atoms with Crippen LogP contribution >= 0.6 is 11.8 Å². The zero-order chi connectivity index (χ0) is 18.4. The van der Waals surface area contributed by atoms with Gasteiger partial charge in [-0.25, -0.2) is 4.79 Å². The summed E-state index contributed by atoms with van der Waals surface area (Å²) in [7, 11) is 0. The number of furan rings is 1. The van der Waals surface area contributed by atoms with Crippen LogP contribution in [0.4, 0.5) is 0 Å². The van der Waals surface area contributed by atoms with Crippen LogP contribution in [-0.2, 0) is 17.1 Å². The lowest BCUT2D eigenvalue weighted by Crippen LogP contribution is -2.33. The number of amides is 1. The second kappa shape index (κ2) is 8.57. The summed E-state index contributed by atoms with van der Waals surface area (Å²) in [5.41, 5.74) is -0.390. The van der Waals surface area contributed by atoms with E-state index in [0.717, 1.165) is 17.3 Å². The predicted molar refractivity (Wildman–Crippen MR) is 101 cm³/mol. The van der Waals surface area contributed by atoms with E-state index < -0.39 is 11.2 Å². The molecule has 0 saturated heterocycles. The minimum absolute atomic E-state index is 0.134. The molecule has 2 aromatic heterocycles. The number of nitrogens with one attached hydrogen (secondary N) is 2. The van der Waals surface area contributed by atoms with E-state index in [4.69, 9.17) is 4.42 Å². The lowest BCUT2D eigenvalue weighted by atomic mass is 10.2. The third-order valence-corrected chi connectivity index (χ3v) is 4.84. The average Bonchev–Trinajstić information content (AvgIpc) is 3.15. The quantitative estimate of drug-likeness (QED) is 0.586. The zero-order valence-corrected chi connectivity index (χ0v) is 14.9. The molecule has 1 aromatic carbocycles. The SMILES string of the molecule is O=C(CCn1c(=O)[nH]c(=O)c2ccccc21)NCCSCc1ccco1. The predicted octanol–water partition coefficient (Wildman–Crippen LogP) is 1.72. The maximum absolute atomic E-state index is 12.0. The Bertz CT molecular complexity index is 992. The van der Waals surface area contributed by atoms with Crippen LogP contribution in [0.25, 0.3) is 10.9 Å². The van der Waals surface area contributed by atoms with Crippen molar-refractivity contribution >= 4 is 28.6 Å². The number of nitrogens with zero attached hydrogens (tertiary/aromatic N) is 1. The average molecular weight is 373 g/mol. The molecule has 0 aliphatic rings. The number of aromatic nitrogens is 2. The number of carbonyl (C=O) groups is 1. The minimum atomic E-state index is -0.504. The molecule has 0 bridgehead atoms. The number of para-hydroxylation sites is 1. The summed E-state index contributed by atoms with van der Waals surface area (Å²) >= 11 is 1.67. The number of H-pyrrole nitrogens is 1. The van der Waals surface area contributed by atoms with Gasteiger partial charge in [-0.2, -0.15) is 11.8 Å². The standard InChI is InChI=1S/C18H19N3O4S/c22-16(19-8-11-26-12-13-4-3-10-25-13)7-9-21-15-6-2-1-5-14(15)17(23)20-18(21)24/h1-6,10H,7-9,11-12H2,(H,19,22)(H,20,23,24). The van der Waals surface area contributed by atoms with Gasteiger partial charge in [0.05, 0.1) is 22.9 Å². The molecule has 0 radical (unpaired) electrons. The van der Waals surface area contributed by atoms with Crippen LogP contribution in [-0.4, -0.2) is 27.8 Å². The topological polar surface area (TPSA) is 97.1 Å². The molecule has 0 fully saturated rings. The number of aryl methyl sites for hydroxylation is 1. The summed E-state index contributed by atoms with van der Waals surface area (Å²) in [5, 5.41) is 3.27. The Hall–Kier alpha value is -2.74. The zero-order valence-electron chi connectivity index (χ0n) is 14.1. The number of thioether (sulfide) groups is 1. The third-order valence-electron chi connectivity index (χ3n) is 3.86. The number of hydrogen-bond acceptors (Lipinski definition) is 5. The van der Waals surface area contributed by atoms with E-state index in [1.807, 2.05) is 12.1 Å². The Morgan fingerprint density at radius 3 is 2.85 bits per heavy atom. The number of benzene rings is 1. The van der Waals surface area contributed by atoms with E-state index >= 15 is 0 Å². The molecule has 2 heterocycles. The van der Waals surface area contributed by atoms with E-state index in [9.17, 15) is 14.4 Å². The van der Waals surface area contributed by atoms with E-state index in [2.05, 4.69) is 10.3 Å². The second-order valence-corrected chi connectivity index (χ2v) is 6.77. The summed E-state index contributed by atoms with van der Waals surface area (Å²) < 4.78 is 6.66. The highest BCUT2D eigenvalue weighted by Crippen LogP contribution is 2.11. The highest BCUT2D eigenvalue weighted by molar-refractivity contribution is 7.98. The van der Waals surface area contributed by atoms with Crippen LogP contribution in [0.2, 0.25) is 0 Å². The first-order valence-corrected chi connectivity index (χ1v) is 9.39. The van der Waals surface area contributed by atoms with Gasteiger partial charge >= 0.3 is 5.69 Å². The van der Waals surface area contributed by atoms with Gasteiger partial charge in [-0.15, -0.1) is 0 Å². The molecular weight excluding hydrogens is 354 g/mol. The summed E-state index contributed by atoms with van der Waals surface area (Å²) in [6.45, 7) is 0.757. The van der Waals surface area contributed by atoms with Crippen molar-refractivity contribution in [2.45, 2.75) is 18.7 Å². The fourth-order valence-electron chi connectivity index (χ4n) is 2.60. The number of carbonyl (C=O) groups excluding carboxylic acids is 1. The van der Waals surface area contributed by atoms with E-state index in [0.29, 0.717) is 17.4 Å². The molecule has 0 aliphatic heterocycles. The second-order valence-electron chi connectivity index (χ2n) is 5.66. The first kappa shape index (κ1) is 18.1. The molecule has 7 nitrogen and oxygen atoms in total. The Morgan fingerprint density at radius 2 is 2.04 bits per heavy atom. The van der Waals surface area contributed by atoms with E-state index in [1.165, 1.54) is 4.57 Å². The van der Waals surface area contributed by atoms with Crippen molar-refractivity contribution < 1.29 is 9.21 Å². The Balaban J connectivity index is 1.49. The van der Waals surface area contributed by atoms with E-state index in [-0.39, 0.29) is 18.9 Å².